The van der Waals surface area contributed by atoms with Gasteiger partial charge < -0.3 is 14.4 Å². The van der Waals surface area contributed by atoms with Crippen molar-refractivity contribution in [3.05, 3.63) is 53.3 Å². The van der Waals surface area contributed by atoms with Crippen LogP contribution in [-0.4, -0.2) is 36.1 Å². The molecule has 1 heterocycles. The van der Waals surface area contributed by atoms with E-state index >= 15 is 0 Å². The molecule has 0 atom stereocenters. The number of halogens is 2. The first-order valence-corrected chi connectivity index (χ1v) is 7.79. The van der Waals surface area contributed by atoms with Gasteiger partial charge in [-0.3, -0.25) is 9.78 Å². The number of carbonyl (C=O) groups excluding carboxylic acids is 1. The third-order valence-corrected chi connectivity index (χ3v) is 3.45. The number of carbonyl (C=O) groups is 1. The molecule has 0 unspecified atom stereocenters. The van der Waals surface area contributed by atoms with Gasteiger partial charge in [-0.25, -0.2) is 0 Å². The molecule has 0 saturated heterocycles. The van der Waals surface area contributed by atoms with Gasteiger partial charge in [-0.15, -0.1) is 0 Å². The highest BCUT2D eigenvalue weighted by Crippen LogP contribution is 2.30. The Balaban J connectivity index is 2.14. The van der Waals surface area contributed by atoms with Crippen LogP contribution in [0.3, 0.4) is 0 Å². The number of nitrogens with zero attached hydrogens (tertiary/aromatic N) is 2. The first-order valence-electron chi connectivity index (χ1n) is 7.79. The standard InChI is InChI=1S/C18H20F2N2O3/c1-4-24-16-9-13(6-8-15(16)25-18(19)20)11-22(3)17(23)14-7-5-12(2)21-10-14/h5-10,18H,4,11H2,1-3H3. The normalized spacial score (nSPS) is 10.6. The van der Waals surface area contributed by atoms with Crippen molar-refractivity contribution in [1.82, 2.24) is 9.88 Å². The van der Waals surface area contributed by atoms with Crippen LogP contribution in [0.1, 0.15) is 28.5 Å². The summed E-state index contributed by atoms with van der Waals surface area (Å²) in [6, 6.07) is 8.12. The summed E-state index contributed by atoms with van der Waals surface area (Å²) in [5, 5.41) is 0. The first kappa shape index (κ1) is 18.6. The van der Waals surface area contributed by atoms with E-state index in [1.54, 1.807) is 38.2 Å². The first-order chi connectivity index (χ1) is 11.9. The summed E-state index contributed by atoms with van der Waals surface area (Å²) in [4.78, 5) is 18.0. The molecule has 0 saturated carbocycles. The van der Waals surface area contributed by atoms with Crippen molar-refractivity contribution >= 4 is 5.91 Å². The van der Waals surface area contributed by atoms with Crippen LogP contribution < -0.4 is 9.47 Å². The number of benzene rings is 1. The van der Waals surface area contributed by atoms with Crippen molar-refractivity contribution in [2.75, 3.05) is 13.7 Å². The summed E-state index contributed by atoms with van der Waals surface area (Å²) < 4.78 is 34.7. The fourth-order valence-electron chi connectivity index (χ4n) is 2.27. The second-order valence-electron chi connectivity index (χ2n) is 5.44. The number of aryl methyl sites for hydroxylation is 1. The van der Waals surface area contributed by atoms with Gasteiger partial charge in [0, 0.05) is 25.5 Å². The van der Waals surface area contributed by atoms with Crippen LogP contribution in [0, 0.1) is 6.92 Å². The van der Waals surface area contributed by atoms with Crippen LogP contribution in [0.15, 0.2) is 36.5 Å². The molecule has 1 aromatic carbocycles. The van der Waals surface area contributed by atoms with Crippen molar-refractivity contribution < 1.29 is 23.0 Å². The maximum Gasteiger partial charge on any atom is 0.387 e. The van der Waals surface area contributed by atoms with E-state index in [1.807, 2.05) is 6.92 Å². The second-order valence-corrected chi connectivity index (χ2v) is 5.44. The van der Waals surface area contributed by atoms with E-state index in [0.717, 1.165) is 11.3 Å². The molecule has 25 heavy (non-hydrogen) atoms. The predicted molar refractivity (Wildman–Crippen MR) is 89.0 cm³/mol. The van der Waals surface area contributed by atoms with Crippen molar-refractivity contribution in [2.45, 2.75) is 27.0 Å². The minimum atomic E-state index is -2.93. The quantitative estimate of drug-likeness (QED) is 0.765. The smallest absolute Gasteiger partial charge is 0.387 e. The molecular formula is C18H20F2N2O3. The van der Waals surface area contributed by atoms with Crippen LogP contribution in [0.25, 0.3) is 0 Å². The molecule has 2 aromatic rings. The lowest BCUT2D eigenvalue weighted by Crippen LogP contribution is -2.26. The molecule has 1 amide bonds. The highest BCUT2D eigenvalue weighted by Gasteiger charge is 2.15. The van der Waals surface area contributed by atoms with E-state index in [-0.39, 0.29) is 17.4 Å². The second kappa shape index (κ2) is 8.41. The molecule has 0 fully saturated rings. The molecule has 0 bridgehead atoms. The molecular weight excluding hydrogens is 330 g/mol. The van der Waals surface area contributed by atoms with E-state index in [0.29, 0.717) is 18.7 Å². The Morgan fingerprint density at radius 3 is 2.60 bits per heavy atom. The molecule has 1 aromatic heterocycles. The highest BCUT2D eigenvalue weighted by atomic mass is 19.3. The fourth-order valence-corrected chi connectivity index (χ4v) is 2.27. The Labute approximate surface area is 145 Å². The Morgan fingerprint density at radius 1 is 1.24 bits per heavy atom. The lowest BCUT2D eigenvalue weighted by molar-refractivity contribution is -0.0514. The third kappa shape index (κ3) is 5.14. The lowest BCUT2D eigenvalue weighted by Gasteiger charge is -2.19. The number of ether oxygens (including phenoxy) is 2. The molecule has 0 aliphatic carbocycles. The summed E-state index contributed by atoms with van der Waals surface area (Å²) in [5.41, 5.74) is 2.05. The van der Waals surface area contributed by atoms with Crippen molar-refractivity contribution in [3.8, 4) is 11.5 Å². The summed E-state index contributed by atoms with van der Waals surface area (Å²) in [7, 11) is 1.66. The van der Waals surface area contributed by atoms with Crippen LogP contribution in [0.4, 0.5) is 8.78 Å². The zero-order valence-corrected chi connectivity index (χ0v) is 14.3. The van der Waals surface area contributed by atoms with Gasteiger partial charge in [0.15, 0.2) is 11.5 Å². The number of aromatic nitrogens is 1. The average Bonchev–Trinajstić information content (AvgIpc) is 2.57. The van der Waals surface area contributed by atoms with Gasteiger partial charge in [-0.2, -0.15) is 8.78 Å². The molecule has 0 radical (unpaired) electrons. The molecule has 0 aliphatic heterocycles. The van der Waals surface area contributed by atoms with Gasteiger partial charge in [0.1, 0.15) is 0 Å². The van der Waals surface area contributed by atoms with E-state index < -0.39 is 6.61 Å². The van der Waals surface area contributed by atoms with Crippen LogP contribution >= 0.6 is 0 Å². The molecule has 134 valence electrons. The Hall–Kier alpha value is -2.70. The van der Waals surface area contributed by atoms with Gasteiger partial charge in [-0.1, -0.05) is 6.07 Å². The van der Waals surface area contributed by atoms with Crippen LogP contribution in [0.2, 0.25) is 0 Å². The fraction of sp³-hybridized carbons (Fsp3) is 0.333. The average molecular weight is 350 g/mol. The number of hydrogen-bond acceptors (Lipinski definition) is 4. The summed E-state index contributed by atoms with van der Waals surface area (Å²) >= 11 is 0. The predicted octanol–water partition coefficient (Wildman–Crippen LogP) is 3.66. The monoisotopic (exact) mass is 350 g/mol. The van der Waals surface area contributed by atoms with Crippen LogP contribution in [-0.2, 0) is 6.54 Å². The lowest BCUT2D eigenvalue weighted by atomic mass is 10.1. The van der Waals surface area contributed by atoms with Gasteiger partial charge >= 0.3 is 6.61 Å². The van der Waals surface area contributed by atoms with Gasteiger partial charge in [-0.05, 0) is 43.7 Å². The maximum atomic E-state index is 12.4. The van der Waals surface area contributed by atoms with Gasteiger partial charge in [0.25, 0.3) is 5.91 Å². The molecule has 0 aliphatic rings. The van der Waals surface area contributed by atoms with Crippen molar-refractivity contribution in [2.24, 2.45) is 0 Å². The van der Waals surface area contributed by atoms with E-state index in [4.69, 9.17) is 4.74 Å². The van der Waals surface area contributed by atoms with Crippen LogP contribution in [0.5, 0.6) is 11.5 Å². The minimum absolute atomic E-state index is 0.0303. The molecule has 5 nitrogen and oxygen atoms in total. The Bertz CT molecular complexity index is 721. The van der Waals surface area contributed by atoms with E-state index in [2.05, 4.69) is 9.72 Å². The molecule has 0 spiro atoms. The zero-order valence-electron chi connectivity index (χ0n) is 14.3. The number of hydrogen-bond donors (Lipinski definition) is 0. The minimum Gasteiger partial charge on any atom is -0.490 e. The largest absolute Gasteiger partial charge is 0.490 e. The number of rotatable bonds is 7. The molecule has 0 N–H and O–H groups in total. The van der Waals surface area contributed by atoms with Gasteiger partial charge in [0.2, 0.25) is 0 Å². The SMILES string of the molecule is CCOc1cc(CN(C)C(=O)c2ccc(C)nc2)ccc1OC(F)F. The maximum absolute atomic E-state index is 12.4. The summed E-state index contributed by atoms with van der Waals surface area (Å²) in [6.07, 6.45) is 1.53. The number of pyridine rings is 1. The molecule has 2 rings (SSSR count). The van der Waals surface area contributed by atoms with E-state index in [1.165, 1.54) is 17.2 Å². The zero-order chi connectivity index (χ0) is 18.4. The van der Waals surface area contributed by atoms with E-state index in [9.17, 15) is 13.6 Å². The summed E-state index contributed by atoms with van der Waals surface area (Å²) in [5.74, 6) is 0.00818. The highest BCUT2D eigenvalue weighted by molar-refractivity contribution is 5.93. The van der Waals surface area contributed by atoms with Crippen molar-refractivity contribution in [1.29, 1.82) is 0 Å². The van der Waals surface area contributed by atoms with Crippen molar-refractivity contribution in [3.63, 3.8) is 0 Å². The summed E-state index contributed by atoms with van der Waals surface area (Å²) in [6.45, 7) is 1.27. The topological polar surface area (TPSA) is 51.7 Å². The molecule has 7 heteroatoms. The number of amides is 1. The Kier molecular flexibility index (Phi) is 6.27. The number of alkyl halides is 2. The third-order valence-electron chi connectivity index (χ3n) is 3.45. The Morgan fingerprint density at radius 2 is 2.00 bits per heavy atom. The van der Waals surface area contributed by atoms with Gasteiger partial charge in [0.05, 0.1) is 12.2 Å².